The molecule has 0 aliphatic heterocycles. The molecule has 1 aromatic rings. The van der Waals surface area contributed by atoms with E-state index in [1.807, 2.05) is 41.5 Å². The maximum absolute atomic E-state index is 13.0. The lowest BCUT2D eigenvalue weighted by atomic mass is 10.1. The summed E-state index contributed by atoms with van der Waals surface area (Å²) in [6.45, 7) is 13.2. The van der Waals surface area contributed by atoms with Crippen molar-refractivity contribution in [3.8, 4) is 0 Å². The van der Waals surface area contributed by atoms with Crippen LogP contribution in [0.25, 0.3) is 0 Å². The lowest BCUT2D eigenvalue weighted by molar-refractivity contribution is -0.138. The quantitative estimate of drug-likeness (QED) is 0.555. The van der Waals surface area contributed by atoms with Crippen molar-refractivity contribution in [2.45, 2.75) is 67.0 Å². The van der Waals surface area contributed by atoms with Gasteiger partial charge in [-0.3, -0.25) is 4.98 Å². The first-order chi connectivity index (χ1) is 9.77. The van der Waals surface area contributed by atoms with Crippen LogP contribution < -0.4 is 0 Å². The van der Waals surface area contributed by atoms with Gasteiger partial charge in [-0.25, -0.2) is 0 Å². The molecule has 0 saturated carbocycles. The average molecular weight is 315 g/mol. The van der Waals surface area contributed by atoms with E-state index in [4.69, 9.17) is 0 Å². The lowest BCUT2D eigenvalue weighted by Crippen LogP contribution is -2.15. The number of aromatic nitrogens is 1. The predicted molar refractivity (Wildman–Crippen MR) is 77.5 cm³/mol. The van der Waals surface area contributed by atoms with E-state index in [-0.39, 0.29) is 0 Å². The minimum Gasteiger partial charge on any atom is -0.254 e. The highest BCUT2D eigenvalue weighted by Gasteiger charge is 2.34. The molecule has 126 valence electrons. The second kappa shape index (κ2) is 12.5. The van der Waals surface area contributed by atoms with Crippen molar-refractivity contribution < 1.29 is 22.0 Å². The van der Waals surface area contributed by atoms with Crippen LogP contribution in [0.3, 0.4) is 0 Å². The Kier molecular flexibility index (Phi) is 14.8. The molecule has 0 amide bonds. The third kappa shape index (κ3) is 9.37. The smallest absolute Gasteiger partial charge is 0.254 e. The summed E-state index contributed by atoms with van der Waals surface area (Å²) in [6.07, 6.45) is -4.63. The Bertz CT molecular complexity index is 331. The van der Waals surface area contributed by atoms with Crippen LogP contribution in [0.2, 0.25) is 0 Å². The lowest BCUT2D eigenvalue weighted by Gasteiger charge is -2.13. The van der Waals surface area contributed by atoms with Crippen LogP contribution in [0.4, 0.5) is 22.0 Å². The highest BCUT2D eigenvalue weighted by molar-refractivity contribution is 5.19. The maximum atomic E-state index is 13.0. The van der Waals surface area contributed by atoms with E-state index in [0.717, 1.165) is 0 Å². The number of nitrogens with zero attached hydrogens (tertiary/aromatic N) is 1. The number of halogens is 5. The van der Waals surface area contributed by atoms with Crippen LogP contribution in [0.1, 0.15) is 66.1 Å². The van der Waals surface area contributed by atoms with Crippen LogP contribution in [0, 0.1) is 0 Å². The molecule has 0 radical (unpaired) electrons. The third-order valence-corrected chi connectivity index (χ3v) is 1.91. The van der Waals surface area contributed by atoms with E-state index >= 15 is 0 Å². The fraction of sp³-hybridized carbons (Fsp3) is 0.667. The minimum atomic E-state index is -4.55. The summed E-state index contributed by atoms with van der Waals surface area (Å²) in [4.78, 5) is 3.12. The number of hydrogen-bond acceptors (Lipinski definition) is 1. The summed E-state index contributed by atoms with van der Waals surface area (Å²) in [5.74, 6) is -3.18. The molecule has 0 N–H and O–H groups in total. The Morgan fingerprint density at radius 1 is 0.857 bits per heavy atom. The molecule has 0 atom stereocenters. The van der Waals surface area contributed by atoms with Crippen molar-refractivity contribution in [1.82, 2.24) is 4.98 Å². The summed E-state index contributed by atoms with van der Waals surface area (Å²) in [6, 6.07) is 1.30. The van der Waals surface area contributed by atoms with Gasteiger partial charge in [-0.15, -0.1) is 0 Å². The summed E-state index contributed by atoms with van der Waals surface area (Å²) in [5.41, 5.74) is -1.67. The van der Waals surface area contributed by atoms with Gasteiger partial charge in [0.15, 0.2) is 0 Å². The van der Waals surface area contributed by atoms with E-state index < -0.39 is 29.8 Å². The molecule has 0 saturated heterocycles. The van der Waals surface area contributed by atoms with Gasteiger partial charge in [0.05, 0.1) is 5.56 Å². The largest absolute Gasteiger partial charge is 0.417 e. The molecular formula is C15H26F5N. The molecular weight excluding hydrogens is 289 g/mol. The second-order valence-electron chi connectivity index (χ2n) is 2.99. The molecule has 1 aromatic heterocycles. The molecule has 0 bridgehead atoms. The van der Waals surface area contributed by atoms with Gasteiger partial charge >= 0.3 is 6.18 Å². The van der Waals surface area contributed by atoms with Gasteiger partial charge in [0.2, 0.25) is 0 Å². The summed E-state index contributed by atoms with van der Waals surface area (Å²) < 4.78 is 62.2. The van der Waals surface area contributed by atoms with E-state index in [0.29, 0.717) is 18.3 Å². The Hall–Kier alpha value is -1.20. The van der Waals surface area contributed by atoms with E-state index in [2.05, 4.69) is 4.98 Å². The van der Waals surface area contributed by atoms with Gasteiger partial charge in [-0.2, -0.15) is 22.0 Å². The number of rotatable bonds is 2. The van der Waals surface area contributed by atoms with Crippen molar-refractivity contribution in [1.29, 1.82) is 0 Å². The van der Waals surface area contributed by atoms with Crippen LogP contribution in [0.5, 0.6) is 0 Å². The summed E-state index contributed by atoms with van der Waals surface area (Å²) in [7, 11) is 0. The van der Waals surface area contributed by atoms with E-state index in [1.54, 1.807) is 0 Å². The van der Waals surface area contributed by atoms with Crippen LogP contribution in [-0.4, -0.2) is 4.98 Å². The highest BCUT2D eigenvalue weighted by Crippen LogP contribution is 2.32. The van der Waals surface area contributed by atoms with E-state index in [9.17, 15) is 22.0 Å². The molecule has 0 spiro atoms. The van der Waals surface area contributed by atoms with Gasteiger partial charge < -0.3 is 0 Å². The Balaban J connectivity index is -0.000000478. The Labute approximate surface area is 124 Å². The zero-order valence-corrected chi connectivity index (χ0v) is 13.8. The normalized spacial score (nSPS) is 10.1. The molecule has 1 nitrogen and oxygen atoms in total. The fourth-order valence-electron chi connectivity index (χ4n) is 0.959. The van der Waals surface area contributed by atoms with Gasteiger partial charge in [0.25, 0.3) is 5.92 Å². The van der Waals surface area contributed by atoms with Gasteiger partial charge in [-0.1, -0.05) is 48.5 Å². The van der Waals surface area contributed by atoms with E-state index in [1.165, 1.54) is 6.92 Å². The summed E-state index contributed by atoms with van der Waals surface area (Å²) in [5, 5.41) is 0. The molecule has 0 aromatic carbocycles. The maximum Gasteiger partial charge on any atom is 0.417 e. The first-order valence-electron chi connectivity index (χ1n) is 7.19. The topological polar surface area (TPSA) is 12.9 Å². The monoisotopic (exact) mass is 315 g/mol. The summed E-state index contributed by atoms with van der Waals surface area (Å²) >= 11 is 0. The Morgan fingerprint density at radius 2 is 1.29 bits per heavy atom. The van der Waals surface area contributed by atoms with Crippen LogP contribution in [0.15, 0.2) is 18.3 Å². The van der Waals surface area contributed by atoms with Gasteiger partial charge in [-0.05, 0) is 12.1 Å². The van der Waals surface area contributed by atoms with Crippen molar-refractivity contribution in [3.05, 3.63) is 29.6 Å². The van der Waals surface area contributed by atoms with Gasteiger partial charge in [0, 0.05) is 12.6 Å². The standard InChI is InChI=1S/C9H8F5N.3C2H6/c1-2-8(10,11)7-4-3-6(5-15-7)9(12,13)14;3*1-2/h3-5H,2H2,1H3;3*1-2H3. The SMILES string of the molecule is CC.CC.CC.CCC(F)(F)c1ccc(C(F)(F)F)cn1. The fourth-order valence-corrected chi connectivity index (χ4v) is 0.959. The van der Waals surface area contributed by atoms with Crippen molar-refractivity contribution in [3.63, 3.8) is 0 Å². The molecule has 21 heavy (non-hydrogen) atoms. The first-order valence-corrected chi connectivity index (χ1v) is 7.19. The molecule has 0 aliphatic carbocycles. The van der Waals surface area contributed by atoms with Crippen molar-refractivity contribution in [2.75, 3.05) is 0 Å². The molecule has 0 aliphatic rings. The number of hydrogen-bond donors (Lipinski definition) is 0. The molecule has 1 heterocycles. The van der Waals surface area contributed by atoms with Crippen molar-refractivity contribution >= 4 is 0 Å². The minimum absolute atomic E-state index is 0.416. The number of alkyl halides is 5. The van der Waals surface area contributed by atoms with Gasteiger partial charge in [0.1, 0.15) is 5.69 Å². The molecule has 6 heteroatoms. The zero-order chi connectivity index (χ0) is 17.7. The molecule has 1 rings (SSSR count). The number of pyridine rings is 1. The molecule has 0 fully saturated rings. The molecule has 0 unspecified atom stereocenters. The average Bonchev–Trinajstić information content (AvgIpc) is 2.52. The second-order valence-corrected chi connectivity index (χ2v) is 2.99. The van der Waals surface area contributed by atoms with Crippen LogP contribution >= 0.6 is 0 Å². The Morgan fingerprint density at radius 3 is 1.52 bits per heavy atom. The highest BCUT2D eigenvalue weighted by atomic mass is 19.4. The van der Waals surface area contributed by atoms with Crippen LogP contribution in [-0.2, 0) is 12.1 Å². The van der Waals surface area contributed by atoms with Crippen molar-refractivity contribution in [2.24, 2.45) is 0 Å². The third-order valence-electron chi connectivity index (χ3n) is 1.91. The first kappa shape index (κ1) is 24.8. The predicted octanol–water partition coefficient (Wildman–Crippen LogP) is 6.68. The zero-order valence-electron chi connectivity index (χ0n) is 13.8.